The molecule has 1 aliphatic carbocycles. The van der Waals surface area contributed by atoms with Crippen molar-refractivity contribution >= 4 is 10.0 Å². The number of sulfonamides is 1. The maximum Gasteiger partial charge on any atom is 0.241 e. The van der Waals surface area contributed by atoms with Gasteiger partial charge in [-0.15, -0.1) is 0 Å². The summed E-state index contributed by atoms with van der Waals surface area (Å²) in [6.07, 6.45) is 2.38. The van der Waals surface area contributed by atoms with Gasteiger partial charge in [-0.1, -0.05) is 12.8 Å². The highest BCUT2D eigenvalue weighted by Crippen LogP contribution is 2.24. The fourth-order valence-electron chi connectivity index (χ4n) is 2.83. The fourth-order valence-corrected chi connectivity index (χ4v) is 4.59. The molecule has 2 rings (SSSR count). The minimum absolute atomic E-state index is 0.108. The van der Waals surface area contributed by atoms with Crippen molar-refractivity contribution in [2.75, 3.05) is 0 Å². The monoisotopic (exact) mass is 301 g/mol. The average Bonchev–Trinajstić information content (AvgIpc) is 2.30. The van der Waals surface area contributed by atoms with E-state index in [1.54, 1.807) is 13.8 Å². The first kappa shape index (κ1) is 15.4. The third kappa shape index (κ3) is 3.19. The molecule has 0 spiro atoms. The highest BCUT2D eigenvalue weighted by Gasteiger charge is 2.29. The summed E-state index contributed by atoms with van der Waals surface area (Å²) in [6.45, 7) is 3.14. The Hall–Kier alpha value is -0.980. The summed E-state index contributed by atoms with van der Waals surface area (Å²) < 4.78 is 40.7. The lowest BCUT2D eigenvalue weighted by molar-refractivity contribution is 0.101. The molecule has 1 saturated carbocycles. The van der Waals surface area contributed by atoms with Crippen LogP contribution in [0.25, 0.3) is 0 Å². The minimum Gasteiger partial charge on any atom is -0.391 e. The molecule has 0 bridgehead atoms. The van der Waals surface area contributed by atoms with Gasteiger partial charge < -0.3 is 5.11 Å². The zero-order valence-corrected chi connectivity index (χ0v) is 12.5. The number of hydrogen-bond acceptors (Lipinski definition) is 3. The number of benzene rings is 1. The Morgan fingerprint density at radius 3 is 2.30 bits per heavy atom. The molecule has 6 heteroatoms. The second-order valence-electron chi connectivity index (χ2n) is 5.45. The van der Waals surface area contributed by atoms with Crippen molar-refractivity contribution in [3.63, 3.8) is 0 Å². The summed E-state index contributed by atoms with van der Waals surface area (Å²) in [5.41, 5.74) is 0.751. The van der Waals surface area contributed by atoms with Gasteiger partial charge in [0.05, 0.1) is 11.0 Å². The van der Waals surface area contributed by atoms with Crippen molar-refractivity contribution in [1.29, 1.82) is 0 Å². The number of aryl methyl sites for hydroxylation is 2. The molecule has 0 aliphatic heterocycles. The molecule has 0 radical (unpaired) electrons. The lowest BCUT2D eigenvalue weighted by atomic mass is 9.93. The summed E-state index contributed by atoms with van der Waals surface area (Å²) in [6, 6.07) is 1.95. The zero-order valence-electron chi connectivity index (χ0n) is 11.7. The molecule has 1 aliphatic rings. The Balaban J connectivity index is 2.31. The molecule has 2 N–H and O–H groups in total. The SMILES string of the molecule is Cc1cc(F)cc(C)c1S(=O)(=O)NC1CCCCC1O. The van der Waals surface area contributed by atoms with E-state index in [1.807, 2.05) is 0 Å². The quantitative estimate of drug-likeness (QED) is 0.897. The molecule has 4 nitrogen and oxygen atoms in total. The lowest BCUT2D eigenvalue weighted by Crippen LogP contribution is -2.45. The summed E-state index contributed by atoms with van der Waals surface area (Å²) in [4.78, 5) is 0.108. The van der Waals surface area contributed by atoms with Gasteiger partial charge in [0.1, 0.15) is 5.82 Å². The Bertz CT molecular complexity index is 577. The normalized spacial score (nSPS) is 23.8. The van der Waals surface area contributed by atoms with Gasteiger partial charge in [-0.2, -0.15) is 0 Å². The topological polar surface area (TPSA) is 66.4 Å². The number of nitrogens with one attached hydrogen (secondary N) is 1. The van der Waals surface area contributed by atoms with E-state index in [4.69, 9.17) is 0 Å². The molecule has 112 valence electrons. The molecule has 0 amide bonds. The molecule has 0 saturated heterocycles. The summed E-state index contributed by atoms with van der Waals surface area (Å²) in [5.74, 6) is -0.448. The first-order valence-electron chi connectivity index (χ1n) is 6.78. The molecular weight excluding hydrogens is 281 g/mol. The maximum absolute atomic E-state index is 13.3. The molecular formula is C14H20FNO3S. The Kier molecular flexibility index (Phi) is 4.46. The summed E-state index contributed by atoms with van der Waals surface area (Å²) in [5, 5.41) is 9.87. The van der Waals surface area contributed by atoms with Gasteiger partial charge in [0.25, 0.3) is 0 Å². The molecule has 0 heterocycles. The van der Waals surface area contributed by atoms with Crippen LogP contribution >= 0.6 is 0 Å². The van der Waals surface area contributed by atoms with E-state index in [2.05, 4.69) is 4.72 Å². The van der Waals surface area contributed by atoms with Gasteiger partial charge in [-0.05, 0) is 49.9 Å². The van der Waals surface area contributed by atoms with Gasteiger partial charge in [-0.3, -0.25) is 0 Å². The Labute approximate surface area is 119 Å². The number of rotatable bonds is 3. The lowest BCUT2D eigenvalue weighted by Gasteiger charge is -2.28. The molecule has 0 aromatic heterocycles. The third-order valence-corrected chi connectivity index (χ3v) is 5.52. The maximum atomic E-state index is 13.3. The van der Waals surface area contributed by atoms with Crippen LogP contribution in [-0.4, -0.2) is 25.7 Å². The second-order valence-corrected chi connectivity index (χ2v) is 7.10. The Morgan fingerprint density at radius 1 is 1.20 bits per heavy atom. The van der Waals surface area contributed by atoms with Gasteiger partial charge in [0.2, 0.25) is 10.0 Å². The van der Waals surface area contributed by atoms with E-state index >= 15 is 0 Å². The van der Waals surface area contributed by atoms with E-state index in [1.165, 1.54) is 12.1 Å². The highest BCUT2D eigenvalue weighted by molar-refractivity contribution is 7.89. The third-order valence-electron chi connectivity index (χ3n) is 3.73. The first-order chi connectivity index (χ1) is 9.31. The van der Waals surface area contributed by atoms with Crippen LogP contribution < -0.4 is 4.72 Å². The second kappa shape index (κ2) is 5.79. The van der Waals surface area contributed by atoms with Crippen molar-refractivity contribution < 1.29 is 17.9 Å². The van der Waals surface area contributed by atoms with Crippen LogP contribution in [0.4, 0.5) is 4.39 Å². The summed E-state index contributed by atoms with van der Waals surface area (Å²) >= 11 is 0. The number of hydrogen-bond donors (Lipinski definition) is 2. The molecule has 2 atom stereocenters. The number of halogens is 1. The van der Waals surface area contributed by atoms with Crippen LogP contribution in [0.3, 0.4) is 0 Å². The standard InChI is InChI=1S/C14H20FNO3S/c1-9-7-11(15)8-10(2)14(9)20(18,19)16-12-5-3-4-6-13(12)17/h7-8,12-13,16-17H,3-6H2,1-2H3. The molecule has 1 fully saturated rings. The van der Waals surface area contributed by atoms with E-state index < -0.39 is 28.0 Å². The number of aliphatic hydroxyl groups excluding tert-OH is 1. The van der Waals surface area contributed by atoms with Crippen molar-refractivity contribution in [2.45, 2.75) is 56.6 Å². The molecule has 2 unspecified atom stereocenters. The van der Waals surface area contributed by atoms with E-state index in [0.717, 1.165) is 12.8 Å². The van der Waals surface area contributed by atoms with Crippen molar-refractivity contribution in [3.8, 4) is 0 Å². The van der Waals surface area contributed by atoms with Crippen LogP contribution in [0.5, 0.6) is 0 Å². The van der Waals surface area contributed by atoms with Crippen molar-refractivity contribution in [1.82, 2.24) is 4.72 Å². The van der Waals surface area contributed by atoms with E-state index in [9.17, 15) is 17.9 Å². The van der Waals surface area contributed by atoms with Crippen LogP contribution in [0, 0.1) is 19.7 Å². The zero-order chi connectivity index (χ0) is 14.9. The fraction of sp³-hybridized carbons (Fsp3) is 0.571. The molecule has 1 aromatic carbocycles. The molecule has 20 heavy (non-hydrogen) atoms. The number of aliphatic hydroxyl groups is 1. The van der Waals surface area contributed by atoms with E-state index in [-0.39, 0.29) is 4.90 Å². The van der Waals surface area contributed by atoms with Crippen LogP contribution in [0.15, 0.2) is 17.0 Å². The first-order valence-corrected chi connectivity index (χ1v) is 8.27. The summed E-state index contributed by atoms with van der Waals surface area (Å²) in [7, 11) is -3.75. The van der Waals surface area contributed by atoms with Gasteiger partial charge in [0.15, 0.2) is 0 Å². The molecule has 1 aromatic rings. The largest absolute Gasteiger partial charge is 0.391 e. The predicted molar refractivity (Wildman–Crippen MR) is 74.5 cm³/mol. The Morgan fingerprint density at radius 2 is 1.75 bits per heavy atom. The van der Waals surface area contributed by atoms with Crippen LogP contribution in [0.1, 0.15) is 36.8 Å². The van der Waals surface area contributed by atoms with Gasteiger partial charge >= 0.3 is 0 Å². The van der Waals surface area contributed by atoms with Crippen LogP contribution in [-0.2, 0) is 10.0 Å². The average molecular weight is 301 g/mol. The van der Waals surface area contributed by atoms with Crippen molar-refractivity contribution in [3.05, 3.63) is 29.1 Å². The van der Waals surface area contributed by atoms with Gasteiger partial charge in [-0.25, -0.2) is 17.5 Å². The minimum atomic E-state index is -3.75. The van der Waals surface area contributed by atoms with Crippen LogP contribution in [0.2, 0.25) is 0 Å². The highest BCUT2D eigenvalue weighted by atomic mass is 32.2. The smallest absolute Gasteiger partial charge is 0.241 e. The van der Waals surface area contributed by atoms with Crippen molar-refractivity contribution in [2.24, 2.45) is 0 Å². The predicted octanol–water partition coefficient (Wildman–Crippen LogP) is 2.02. The van der Waals surface area contributed by atoms with Gasteiger partial charge in [0, 0.05) is 6.04 Å². The van der Waals surface area contributed by atoms with E-state index in [0.29, 0.717) is 24.0 Å².